The van der Waals surface area contributed by atoms with Gasteiger partial charge in [-0.2, -0.15) is 4.98 Å². The molecule has 0 unspecified atom stereocenters. The van der Waals surface area contributed by atoms with E-state index in [1.54, 1.807) is 0 Å². The Morgan fingerprint density at radius 1 is 0.944 bits per heavy atom. The monoisotopic (exact) mass is 523 g/mol. The summed E-state index contributed by atoms with van der Waals surface area (Å²) in [5.41, 5.74) is 0.845. The summed E-state index contributed by atoms with van der Waals surface area (Å²) in [5, 5.41) is 7.36. The topological polar surface area (TPSA) is 105 Å². The Kier molecular flexibility index (Phi) is 7.84. The van der Waals surface area contributed by atoms with Gasteiger partial charge in [-0.15, -0.1) is 13.2 Å². The summed E-state index contributed by atoms with van der Waals surface area (Å²) >= 11 is 0. The van der Waals surface area contributed by atoms with Gasteiger partial charge in [-0.3, -0.25) is 0 Å². The molecule has 1 aliphatic carbocycles. The molecule has 1 heterocycles. The fourth-order valence-electron chi connectivity index (χ4n) is 4.41. The van der Waals surface area contributed by atoms with Gasteiger partial charge in [0.1, 0.15) is 16.5 Å². The number of benzene rings is 2. The first-order valence-electron chi connectivity index (χ1n) is 11.7. The number of rotatable bonds is 9. The van der Waals surface area contributed by atoms with Crippen LogP contribution in [0.25, 0.3) is 10.9 Å². The quantitative estimate of drug-likeness (QED) is 0.371. The highest BCUT2D eigenvalue weighted by molar-refractivity contribution is 7.89. The molecule has 0 radical (unpaired) electrons. The van der Waals surface area contributed by atoms with Crippen molar-refractivity contribution < 1.29 is 26.3 Å². The number of para-hydroxylation sites is 2. The Labute approximate surface area is 207 Å². The van der Waals surface area contributed by atoms with Crippen LogP contribution in [0.15, 0.2) is 53.4 Å². The molecule has 4 rings (SSSR count). The van der Waals surface area contributed by atoms with Gasteiger partial charge in [0, 0.05) is 25.5 Å². The van der Waals surface area contributed by atoms with Crippen LogP contribution in [0.3, 0.4) is 0 Å². The number of fused-ring (bicyclic) bond motifs is 1. The number of halogens is 3. The molecule has 0 bridgehead atoms. The second-order valence-electron chi connectivity index (χ2n) is 8.78. The highest BCUT2D eigenvalue weighted by atomic mass is 32.2. The van der Waals surface area contributed by atoms with Gasteiger partial charge in [-0.05, 0) is 61.8 Å². The third-order valence-electron chi connectivity index (χ3n) is 6.28. The Balaban J connectivity index is 1.29. The zero-order valence-electron chi connectivity index (χ0n) is 19.7. The second kappa shape index (κ2) is 10.9. The molecule has 0 spiro atoms. The minimum atomic E-state index is -4.98. The molecular weight excluding hydrogens is 495 g/mol. The van der Waals surface area contributed by atoms with E-state index in [1.807, 2.05) is 31.3 Å². The van der Waals surface area contributed by atoms with Gasteiger partial charge in [0.15, 0.2) is 0 Å². The van der Waals surface area contributed by atoms with Gasteiger partial charge >= 0.3 is 6.36 Å². The van der Waals surface area contributed by atoms with Crippen LogP contribution in [-0.4, -0.2) is 44.9 Å². The van der Waals surface area contributed by atoms with Gasteiger partial charge in [0.05, 0.1) is 5.52 Å². The number of hydrogen-bond acceptors (Lipinski definition) is 7. The van der Waals surface area contributed by atoms with Crippen molar-refractivity contribution in [1.29, 1.82) is 0 Å². The number of hydrogen-bond donors (Lipinski definition) is 3. The van der Waals surface area contributed by atoms with E-state index < -0.39 is 27.0 Å². The van der Waals surface area contributed by atoms with Crippen LogP contribution in [0, 0.1) is 11.8 Å². The smallest absolute Gasteiger partial charge is 0.404 e. The van der Waals surface area contributed by atoms with E-state index in [-0.39, 0.29) is 12.5 Å². The highest BCUT2D eigenvalue weighted by Gasteiger charge is 2.34. The first-order valence-corrected chi connectivity index (χ1v) is 13.2. The van der Waals surface area contributed by atoms with E-state index in [4.69, 9.17) is 0 Å². The second-order valence-corrected chi connectivity index (χ2v) is 10.5. The van der Waals surface area contributed by atoms with Crippen molar-refractivity contribution in [1.82, 2.24) is 14.7 Å². The van der Waals surface area contributed by atoms with Crippen molar-refractivity contribution in [3.63, 3.8) is 0 Å². The van der Waals surface area contributed by atoms with Crippen LogP contribution >= 0.6 is 0 Å². The average molecular weight is 524 g/mol. The van der Waals surface area contributed by atoms with E-state index in [0.717, 1.165) is 54.5 Å². The number of anilines is 2. The van der Waals surface area contributed by atoms with Crippen molar-refractivity contribution in [3.05, 3.63) is 48.5 Å². The summed E-state index contributed by atoms with van der Waals surface area (Å²) in [6.45, 7) is 0.851. The van der Waals surface area contributed by atoms with Gasteiger partial charge in [0.2, 0.25) is 16.0 Å². The standard InChI is InChI=1S/C24H28F3N5O3S/c1-28-22-18-6-2-3-7-19(18)31-23(32-22)29-14-16-10-12-17(13-11-16)15-30-36(33,34)21-9-5-4-8-20(21)35-24(25,26)27/h2-9,16-17,30H,10-15H2,1H3,(H2,28,29,31,32). The van der Waals surface area contributed by atoms with Crippen molar-refractivity contribution in [2.75, 3.05) is 30.8 Å². The zero-order chi connectivity index (χ0) is 25.8. The Hall–Kier alpha value is -3.12. The molecule has 12 heteroatoms. The van der Waals surface area contributed by atoms with E-state index >= 15 is 0 Å². The molecule has 2 aromatic carbocycles. The summed E-state index contributed by atoms with van der Waals surface area (Å²) in [4.78, 5) is 8.59. The molecule has 3 N–H and O–H groups in total. The van der Waals surface area contributed by atoms with E-state index in [1.165, 1.54) is 12.1 Å². The summed E-state index contributed by atoms with van der Waals surface area (Å²) in [6, 6.07) is 12.5. The number of nitrogens with zero attached hydrogens (tertiary/aromatic N) is 2. The number of alkyl halides is 3. The molecule has 0 aliphatic heterocycles. The minimum Gasteiger partial charge on any atom is -0.404 e. The zero-order valence-corrected chi connectivity index (χ0v) is 20.5. The van der Waals surface area contributed by atoms with Crippen molar-refractivity contribution in [3.8, 4) is 5.75 Å². The summed E-state index contributed by atoms with van der Waals surface area (Å²) in [7, 11) is -2.34. The molecule has 3 aromatic rings. The maximum atomic E-state index is 12.7. The maximum Gasteiger partial charge on any atom is 0.573 e. The molecule has 1 saturated carbocycles. The number of sulfonamides is 1. The fourth-order valence-corrected chi connectivity index (χ4v) is 5.65. The third-order valence-corrected chi connectivity index (χ3v) is 7.74. The van der Waals surface area contributed by atoms with Crippen LogP contribution < -0.4 is 20.1 Å². The molecule has 8 nitrogen and oxygen atoms in total. The highest BCUT2D eigenvalue weighted by Crippen LogP contribution is 2.31. The number of ether oxygens (including phenoxy) is 1. The average Bonchev–Trinajstić information content (AvgIpc) is 2.85. The molecular formula is C24H28F3N5O3S. The largest absolute Gasteiger partial charge is 0.573 e. The van der Waals surface area contributed by atoms with Crippen molar-refractivity contribution in [2.45, 2.75) is 36.9 Å². The lowest BCUT2D eigenvalue weighted by molar-refractivity contribution is -0.275. The van der Waals surface area contributed by atoms with Gasteiger partial charge in [0.25, 0.3) is 0 Å². The predicted molar refractivity (Wildman–Crippen MR) is 131 cm³/mol. The third kappa shape index (κ3) is 6.55. The van der Waals surface area contributed by atoms with Crippen LogP contribution in [0.1, 0.15) is 25.7 Å². The molecule has 194 valence electrons. The molecule has 0 saturated heterocycles. The maximum absolute atomic E-state index is 12.7. The molecule has 1 fully saturated rings. The first-order chi connectivity index (χ1) is 17.1. The molecule has 0 atom stereocenters. The lowest BCUT2D eigenvalue weighted by Gasteiger charge is -2.28. The molecule has 1 aromatic heterocycles. The Morgan fingerprint density at radius 2 is 1.58 bits per heavy atom. The van der Waals surface area contributed by atoms with E-state index in [2.05, 4.69) is 30.1 Å². The predicted octanol–water partition coefficient (Wildman–Crippen LogP) is 4.77. The minimum absolute atomic E-state index is 0.0968. The van der Waals surface area contributed by atoms with Crippen molar-refractivity contribution in [2.24, 2.45) is 11.8 Å². The number of nitrogens with one attached hydrogen (secondary N) is 3. The summed E-state index contributed by atoms with van der Waals surface area (Å²) in [5.74, 6) is 1.03. The van der Waals surface area contributed by atoms with Crippen LogP contribution in [0.2, 0.25) is 0 Å². The van der Waals surface area contributed by atoms with Gasteiger partial charge in [-0.25, -0.2) is 18.1 Å². The van der Waals surface area contributed by atoms with E-state index in [0.29, 0.717) is 18.4 Å². The van der Waals surface area contributed by atoms with Crippen LogP contribution in [0.4, 0.5) is 24.9 Å². The molecule has 36 heavy (non-hydrogen) atoms. The first kappa shape index (κ1) is 26.0. The Bertz CT molecular complexity index is 1300. The van der Waals surface area contributed by atoms with Crippen molar-refractivity contribution >= 4 is 32.7 Å². The molecule has 1 aliphatic rings. The summed E-state index contributed by atoms with van der Waals surface area (Å²) < 4.78 is 69.6. The van der Waals surface area contributed by atoms with E-state index in [9.17, 15) is 21.6 Å². The SMILES string of the molecule is CNc1nc(NCC2CCC(CNS(=O)(=O)c3ccccc3OC(F)(F)F)CC2)nc2ccccc12. The van der Waals surface area contributed by atoms with Gasteiger partial charge in [-0.1, -0.05) is 24.3 Å². The van der Waals surface area contributed by atoms with Crippen LogP contribution in [-0.2, 0) is 10.0 Å². The Morgan fingerprint density at radius 3 is 2.28 bits per heavy atom. The lowest BCUT2D eigenvalue weighted by atomic mass is 9.82. The lowest BCUT2D eigenvalue weighted by Crippen LogP contribution is -2.33. The molecule has 0 amide bonds. The summed E-state index contributed by atoms with van der Waals surface area (Å²) in [6.07, 6.45) is -1.60. The fraction of sp³-hybridized carbons (Fsp3) is 0.417. The van der Waals surface area contributed by atoms with Crippen LogP contribution in [0.5, 0.6) is 5.75 Å². The van der Waals surface area contributed by atoms with Gasteiger partial charge < -0.3 is 15.4 Å². The number of aromatic nitrogens is 2. The normalized spacial score (nSPS) is 18.7.